The fourth-order valence-electron chi connectivity index (χ4n) is 5.44. The number of carbonyl (C=O) groups is 5. The normalized spacial score (nSPS) is 13.2. The molecule has 3 atom stereocenters. The molecule has 0 aliphatic carbocycles. The van der Waals surface area contributed by atoms with Crippen LogP contribution in [-0.2, 0) is 35.1 Å². The number of thiazole rings is 1. The van der Waals surface area contributed by atoms with Gasteiger partial charge in [0.25, 0.3) is 0 Å². The molecular weight excluding hydrogens is 687 g/mol. The van der Waals surface area contributed by atoms with E-state index in [4.69, 9.17) is 9.47 Å². The first kappa shape index (κ1) is 43.6. The van der Waals surface area contributed by atoms with Crippen molar-refractivity contribution in [2.24, 2.45) is 5.92 Å². The number of allylic oxidation sites excluding steroid dienone is 1. The highest BCUT2D eigenvalue weighted by Crippen LogP contribution is 2.27. The van der Waals surface area contributed by atoms with Gasteiger partial charge in [-0.3, -0.25) is 14.4 Å². The van der Waals surface area contributed by atoms with Crippen molar-refractivity contribution in [3.05, 3.63) is 53.6 Å². The minimum atomic E-state index is -2.88. The molecule has 0 fully saturated rings. The van der Waals surface area contributed by atoms with Gasteiger partial charge in [0.05, 0.1) is 19.4 Å². The minimum Gasteiger partial charge on any atom is -0.481 e. The maximum absolute atomic E-state index is 13.8. The van der Waals surface area contributed by atoms with Gasteiger partial charge < -0.3 is 30.3 Å². The Morgan fingerprint density at radius 3 is 2.27 bits per heavy atom. The molecule has 13 heteroatoms. The smallest absolute Gasteiger partial charge is 0.337 e. The summed E-state index contributed by atoms with van der Waals surface area (Å²) in [5.41, 5.74) is -2.23. The van der Waals surface area contributed by atoms with Crippen LogP contribution in [0.25, 0.3) is 0 Å². The molecule has 12 nitrogen and oxygen atoms in total. The molecule has 2 aromatic rings. The monoisotopic (exact) mass is 739 g/mol. The number of nitrogens with zero attached hydrogens (tertiary/aromatic N) is 1. The van der Waals surface area contributed by atoms with E-state index in [0.717, 1.165) is 57.0 Å². The van der Waals surface area contributed by atoms with E-state index in [-0.39, 0.29) is 23.9 Å². The zero-order chi connectivity index (χ0) is 38.2. The number of anilines is 1. The largest absolute Gasteiger partial charge is 0.481 e. The molecule has 0 unspecified atom stereocenters. The number of Topliss-reactive ketones (excluding diaryl/α,β-unsaturated/α-hetero) is 1. The van der Waals surface area contributed by atoms with Crippen LogP contribution in [0.1, 0.15) is 103 Å². The van der Waals surface area contributed by atoms with Crippen LogP contribution in [0.3, 0.4) is 0 Å². The Hall–Kier alpha value is -4.54. The molecule has 0 aliphatic rings. The lowest BCUT2D eigenvalue weighted by atomic mass is 9.82. The van der Waals surface area contributed by atoms with E-state index in [1.54, 1.807) is 42.6 Å². The summed E-state index contributed by atoms with van der Waals surface area (Å²) in [4.78, 5) is 68.2. The summed E-state index contributed by atoms with van der Waals surface area (Å²) in [5.74, 6) is 0.188. The molecule has 1 aromatic carbocycles. The lowest BCUT2D eigenvalue weighted by molar-refractivity contribution is -0.169. The molecule has 284 valence electrons. The summed E-state index contributed by atoms with van der Waals surface area (Å²) in [6.07, 6.45) is 13.6. The zero-order valence-corrected chi connectivity index (χ0v) is 31.3. The number of unbranched alkanes of at least 4 members (excludes halogenated alkanes) is 8. The van der Waals surface area contributed by atoms with Crippen LogP contribution >= 0.6 is 11.3 Å². The second-order valence-electron chi connectivity index (χ2n) is 12.5. The molecule has 2 amide bonds. The highest BCUT2D eigenvalue weighted by Gasteiger charge is 2.49. The maximum atomic E-state index is 13.8. The average Bonchev–Trinajstić information content (AvgIpc) is 3.63. The molecule has 4 N–H and O–H groups in total. The van der Waals surface area contributed by atoms with Crippen LogP contribution in [0.5, 0.6) is 5.75 Å². The number of aliphatic hydroxyl groups is 1. The molecule has 1 aromatic heterocycles. The Balaban J connectivity index is 2.14. The quantitative estimate of drug-likeness (QED) is 0.0385. The topological polar surface area (TPSA) is 181 Å². The van der Waals surface area contributed by atoms with Gasteiger partial charge in [-0.05, 0) is 50.3 Å². The highest BCUT2D eigenvalue weighted by molar-refractivity contribution is 7.13. The number of methoxy groups -OCH3 is 1. The van der Waals surface area contributed by atoms with E-state index in [0.29, 0.717) is 37.0 Å². The first-order valence-electron chi connectivity index (χ1n) is 17.9. The Morgan fingerprint density at radius 2 is 1.67 bits per heavy atom. The molecule has 0 saturated carbocycles. The number of carboxylic acid groups (broad SMARTS) is 1. The van der Waals surface area contributed by atoms with Gasteiger partial charge in [0.15, 0.2) is 10.7 Å². The molecule has 1 heterocycles. The van der Waals surface area contributed by atoms with Crippen LogP contribution in [-0.4, -0.2) is 70.1 Å². The van der Waals surface area contributed by atoms with Crippen molar-refractivity contribution in [2.75, 3.05) is 19.0 Å². The number of amides is 2. The minimum absolute atomic E-state index is 0.0126. The van der Waals surface area contributed by atoms with E-state index in [1.807, 2.05) is 0 Å². The fourth-order valence-corrected chi connectivity index (χ4v) is 5.99. The molecule has 0 spiro atoms. The summed E-state index contributed by atoms with van der Waals surface area (Å²) in [5, 5.41) is 28.5. The number of ether oxygens (including phenoxy) is 2. The van der Waals surface area contributed by atoms with Gasteiger partial charge in [0, 0.05) is 30.8 Å². The van der Waals surface area contributed by atoms with Crippen LogP contribution in [0.4, 0.5) is 5.13 Å². The summed E-state index contributed by atoms with van der Waals surface area (Å²) in [7, 11) is 1.16. The molecule has 0 aliphatic heterocycles. The molecular formula is C39H53N3O9S. The number of ketones is 1. The Bertz CT molecular complexity index is 1500. The average molecular weight is 740 g/mol. The van der Waals surface area contributed by atoms with Crippen molar-refractivity contribution in [3.63, 3.8) is 0 Å². The summed E-state index contributed by atoms with van der Waals surface area (Å²) in [6, 6.07) is 5.54. The SMILES string of the molecule is CC#CCOc1ccc(C[C@H](NC(=O)[C@@H](C=CCCCCCCC(=O)CCCCCCC)[C@@](O)(CC(=O)Nc2nccs2)C(=O)O)C(=O)OC)cc1. The van der Waals surface area contributed by atoms with Gasteiger partial charge >= 0.3 is 11.9 Å². The van der Waals surface area contributed by atoms with Crippen molar-refractivity contribution in [1.29, 1.82) is 0 Å². The van der Waals surface area contributed by atoms with Crippen LogP contribution in [0.2, 0.25) is 0 Å². The van der Waals surface area contributed by atoms with E-state index < -0.39 is 47.7 Å². The van der Waals surface area contributed by atoms with Crippen molar-refractivity contribution in [3.8, 4) is 17.6 Å². The number of esters is 1. The van der Waals surface area contributed by atoms with E-state index >= 15 is 0 Å². The van der Waals surface area contributed by atoms with Gasteiger partial charge in [-0.25, -0.2) is 14.6 Å². The highest BCUT2D eigenvalue weighted by atomic mass is 32.1. The van der Waals surface area contributed by atoms with Gasteiger partial charge in [-0.1, -0.05) is 75.7 Å². The van der Waals surface area contributed by atoms with Gasteiger partial charge in [-0.15, -0.1) is 17.3 Å². The van der Waals surface area contributed by atoms with Gasteiger partial charge in [-0.2, -0.15) is 0 Å². The third kappa shape index (κ3) is 16.2. The van der Waals surface area contributed by atoms with Gasteiger partial charge in [0.1, 0.15) is 24.2 Å². The molecule has 0 radical (unpaired) electrons. The Morgan fingerprint density at radius 1 is 1.00 bits per heavy atom. The number of benzene rings is 1. The zero-order valence-electron chi connectivity index (χ0n) is 30.5. The number of rotatable bonds is 26. The number of hydrogen-bond donors (Lipinski definition) is 4. The van der Waals surface area contributed by atoms with E-state index in [2.05, 4.69) is 34.4 Å². The first-order chi connectivity index (χ1) is 25.0. The first-order valence-corrected chi connectivity index (χ1v) is 18.7. The third-order valence-electron chi connectivity index (χ3n) is 8.39. The second-order valence-corrected chi connectivity index (χ2v) is 13.4. The lowest BCUT2D eigenvalue weighted by Crippen LogP contribution is -2.56. The van der Waals surface area contributed by atoms with Crippen LogP contribution < -0.4 is 15.4 Å². The van der Waals surface area contributed by atoms with E-state index in [1.165, 1.54) is 25.1 Å². The van der Waals surface area contributed by atoms with Crippen molar-refractivity contribution in [2.45, 2.75) is 115 Å². The number of aliphatic carboxylic acids is 1. The molecule has 52 heavy (non-hydrogen) atoms. The predicted molar refractivity (Wildman–Crippen MR) is 200 cm³/mol. The molecule has 0 saturated heterocycles. The standard InChI is InChI=1S/C39H53N3O9S/c1-4-6-8-11-14-17-30(43)18-15-12-9-10-13-16-19-32(39(49,37(47)48)28-34(44)42-38-40-24-26-52-38)35(45)41-33(36(46)50-3)27-29-20-22-31(23-21-29)51-25-7-5-2/h16,19-24,26,32-33,49H,4,6,8-15,17-18,25,27-28H2,1-3H3,(H,41,45)(H,47,48)(H,40,42,44)/t32-,33+,39+/m1/s1. The Kier molecular flexibility index (Phi) is 20.6. The number of carbonyl (C=O) groups excluding carboxylic acids is 4. The van der Waals surface area contributed by atoms with Crippen molar-refractivity contribution in [1.82, 2.24) is 10.3 Å². The van der Waals surface area contributed by atoms with Crippen LogP contribution in [0, 0.1) is 17.8 Å². The number of aromatic nitrogens is 1. The second kappa shape index (κ2) is 24.6. The summed E-state index contributed by atoms with van der Waals surface area (Å²) < 4.78 is 10.4. The molecule has 2 rings (SSSR count). The van der Waals surface area contributed by atoms with Gasteiger partial charge in [0.2, 0.25) is 11.8 Å². The Labute approximate surface area is 310 Å². The number of carboxylic acids is 1. The fraction of sp³-hybridized carbons (Fsp3) is 0.538. The van der Waals surface area contributed by atoms with Crippen LogP contribution in [0.15, 0.2) is 48.0 Å². The number of nitrogens with one attached hydrogen (secondary N) is 2. The maximum Gasteiger partial charge on any atom is 0.337 e. The summed E-state index contributed by atoms with van der Waals surface area (Å²) >= 11 is 1.10. The van der Waals surface area contributed by atoms with Crippen molar-refractivity contribution < 1.29 is 43.7 Å². The number of hydrogen-bond acceptors (Lipinski definition) is 10. The summed E-state index contributed by atoms with van der Waals surface area (Å²) in [6.45, 7) is 4.07. The predicted octanol–water partition coefficient (Wildman–Crippen LogP) is 6.03. The lowest BCUT2D eigenvalue weighted by Gasteiger charge is -2.30. The molecule has 0 bridgehead atoms. The van der Waals surface area contributed by atoms with E-state index in [9.17, 15) is 34.2 Å². The van der Waals surface area contributed by atoms with Crippen molar-refractivity contribution >= 4 is 46.0 Å². The third-order valence-corrected chi connectivity index (χ3v) is 9.08.